The summed E-state index contributed by atoms with van der Waals surface area (Å²) in [6.45, 7) is 8.98. The molecule has 5 nitrogen and oxygen atoms in total. The summed E-state index contributed by atoms with van der Waals surface area (Å²) in [5, 5.41) is 0. The first-order valence-corrected chi connectivity index (χ1v) is 11.6. The summed E-state index contributed by atoms with van der Waals surface area (Å²) in [6, 6.07) is 8.32. The van der Waals surface area contributed by atoms with Gasteiger partial charge in [-0.2, -0.15) is 0 Å². The van der Waals surface area contributed by atoms with Gasteiger partial charge in [0.25, 0.3) is 5.91 Å². The van der Waals surface area contributed by atoms with Crippen LogP contribution in [0.1, 0.15) is 66.2 Å². The summed E-state index contributed by atoms with van der Waals surface area (Å²) in [7, 11) is 0. The number of nitrogens with zero attached hydrogens (tertiary/aromatic N) is 2. The van der Waals surface area contributed by atoms with E-state index in [1.165, 1.54) is 23.3 Å². The lowest BCUT2D eigenvalue weighted by Crippen LogP contribution is -2.47. The van der Waals surface area contributed by atoms with Gasteiger partial charge in [0.2, 0.25) is 11.8 Å². The standard InChI is InChI=1S/C26H34N2O3/c1-25(2)22(26(25,3)4)24(31)27(16-15-18-11-7-5-8-12-18)20-17-21(29)28(23(20)30)19-13-9-6-10-14-19/h6,9-11,13-14,20,22H,5,7-8,12,15-17H2,1-4H3. The second-order valence-corrected chi connectivity index (χ2v) is 10.4. The lowest BCUT2D eigenvalue weighted by atomic mass is 9.96. The van der Waals surface area contributed by atoms with Crippen LogP contribution >= 0.6 is 0 Å². The van der Waals surface area contributed by atoms with Gasteiger partial charge in [0.05, 0.1) is 12.1 Å². The molecule has 1 heterocycles. The number of imide groups is 1. The Labute approximate surface area is 185 Å². The highest BCUT2D eigenvalue weighted by molar-refractivity contribution is 6.23. The quantitative estimate of drug-likeness (QED) is 0.492. The lowest BCUT2D eigenvalue weighted by Gasteiger charge is -2.29. The van der Waals surface area contributed by atoms with Crippen LogP contribution in [0.25, 0.3) is 0 Å². The van der Waals surface area contributed by atoms with Crippen molar-refractivity contribution >= 4 is 23.4 Å². The van der Waals surface area contributed by atoms with Crippen molar-refractivity contribution in [3.05, 3.63) is 42.0 Å². The first-order valence-electron chi connectivity index (χ1n) is 11.6. The van der Waals surface area contributed by atoms with Crippen LogP contribution in [-0.2, 0) is 14.4 Å². The Balaban J connectivity index is 1.59. The topological polar surface area (TPSA) is 57.7 Å². The van der Waals surface area contributed by atoms with Gasteiger partial charge in [-0.05, 0) is 55.1 Å². The number of carbonyl (C=O) groups excluding carboxylic acids is 3. The van der Waals surface area contributed by atoms with Crippen LogP contribution in [0.15, 0.2) is 42.0 Å². The van der Waals surface area contributed by atoms with E-state index >= 15 is 0 Å². The Morgan fingerprint density at radius 2 is 1.74 bits per heavy atom. The SMILES string of the molecule is CC1(C)C(C(=O)N(CCC2=CCCCC2)C2CC(=O)N(c3ccccc3)C2=O)C1(C)C. The van der Waals surface area contributed by atoms with Crippen molar-refractivity contribution in [2.75, 3.05) is 11.4 Å². The first kappa shape index (κ1) is 21.8. The summed E-state index contributed by atoms with van der Waals surface area (Å²) in [6.07, 6.45) is 7.69. The van der Waals surface area contributed by atoms with Gasteiger partial charge in [0.15, 0.2) is 0 Å². The van der Waals surface area contributed by atoms with Crippen molar-refractivity contribution in [2.24, 2.45) is 16.7 Å². The van der Waals surface area contributed by atoms with Crippen LogP contribution in [0.2, 0.25) is 0 Å². The van der Waals surface area contributed by atoms with Gasteiger partial charge in [-0.1, -0.05) is 57.5 Å². The molecule has 0 aromatic heterocycles. The van der Waals surface area contributed by atoms with E-state index in [0.29, 0.717) is 12.2 Å². The first-order chi connectivity index (χ1) is 14.7. The Morgan fingerprint density at radius 1 is 1.06 bits per heavy atom. The smallest absolute Gasteiger partial charge is 0.257 e. The molecule has 0 radical (unpaired) electrons. The lowest BCUT2D eigenvalue weighted by molar-refractivity contribution is -0.140. The molecule has 1 atom stereocenters. The summed E-state index contributed by atoms with van der Waals surface area (Å²) in [5.74, 6) is -0.620. The van der Waals surface area contributed by atoms with Gasteiger partial charge in [-0.3, -0.25) is 14.4 Å². The number of para-hydroxylation sites is 1. The van der Waals surface area contributed by atoms with Crippen LogP contribution in [-0.4, -0.2) is 35.2 Å². The minimum atomic E-state index is -0.711. The largest absolute Gasteiger partial charge is 0.330 e. The van der Waals surface area contributed by atoms with E-state index in [1.54, 1.807) is 17.0 Å². The number of hydrogen-bond acceptors (Lipinski definition) is 3. The minimum absolute atomic E-state index is 0.0208. The molecule has 2 fully saturated rings. The molecule has 1 aliphatic heterocycles. The van der Waals surface area contributed by atoms with Gasteiger partial charge in [-0.15, -0.1) is 0 Å². The molecule has 1 saturated carbocycles. The van der Waals surface area contributed by atoms with E-state index in [-0.39, 0.29) is 40.9 Å². The average molecular weight is 423 g/mol. The van der Waals surface area contributed by atoms with E-state index in [4.69, 9.17) is 0 Å². The Bertz CT molecular complexity index is 902. The number of carbonyl (C=O) groups is 3. The molecule has 1 aromatic rings. The van der Waals surface area contributed by atoms with E-state index in [2.05, 4.69) is 33.8 Å². The number of anilines is 1. The second-order valence-electron chi connectivity index (χ2n) is 10.4. The summed E-state index contributed by atoms with van der Waals surface area (Å²) >= 11 is 0. The number of amides is 3. The fraction of sp³-hybridized carbons (Fsp3) is 0.577. The number of rotatable bonds is 6. The maximum absolute atomic E-state index is 13.7. The molecule has 3 amide bonds. The predicted octanol–water partition coefficient (Wildman–Crippen LogP) is 4.72. The van der Waals surface area contributed by atoms with E-state index in [0.717, 1.165) is 19.3 Å². The molecule has 5 heteroatoms. The van der Waals surface area contributed by atoms with Crippen LogP contribution in [0, 0.1) is 16.7 Å². The molecule has 3 aliphatic rings. The summed E-state index contributed by atoms with van der Waals surface area (Å²) in [4.78, 5) is 42.9. The Kier molecular flexibility index (Phi) is 5.57. The molecule has 0 bridgehead atoms. The molecular weight excluding hydrogens is 388 g/mol. The Morgan fingerprint density at radius 3 is 2.32 bits per heavy atom. The van der Waals surface area contributed by atoms with E-state index in [9.17, 15) is 14.4 Å². The monoisotopic (exact) mass is 422 g/mol. The van der Waals surface area contributed by atoms with Gasteiger partial charge >= 0.3 is 0 Å². The third-order valence-corrected chi connectivity index (χ3v) is 8.12. The highest BCUT2D eigenvalue weighted by Crippen LogP contribution is 2.69. The Hall–Kier alpha value is -2.43. The van der Waals surface area contributed by atoms with Crippen molar-refractivity contribution in [1.29, 1.82) is 0 Å². The van der Waals surface area contributed by atoms with E-state index in [1.807, 2.05) is 18.2 Å². The second kappa shape index (κ2) is 7.92. The zero-order valence-corrected chi connectivity index (χ0v) is 19.2. The van der Waals surface area contributed by atoms with Crippen LogP contribution in [0.4, 0.5) is 5.69 Å². The maximum Gasteiger partial charge on any atom is 0.257 e. The van der Waals surface area contributed by atoms with Gasteiger partial charge in [0.1, 0.15) is 6.04 Å². The zero-order chi connectivity index (χ0) is 22.4. The molecule has 0 spiro atoms. The molecule has 166 valence electrons. The molecule has 4 rings (SSSR count). The van der Waals surface area contributed by atoms with Crippen LogP contribution < -0.4 is 4.90 Å². The van der Waals surface area contributed by atoms with Crippen LogP contribution in [0.5, 0.6) is 0 Å². The van der Waals surface area contributed by atoms with Gasteiger partial charge < -0.3 is 4.90 Å². The van der Waals surface area contributed by atoms with Crippen LogP contribution in [0.3, 0.4) is 0 Å². The molecule has 31 heavy (non-hydrogen) atoms. The fourth-order valence-corrected chi connectivity index (χ4v) is 5.50. The van der Waals surface area contributed by atoms with Crippen molar-refractivity contribution in [3.63, 3.8) is 0 Å². The average Bonchev–Trinajstić information content (AvgIpc) is 2.97. The third-order valence-electron chi connectivity index (χ3n) is 8.12. The highest BCUT2D eigenvalue weighted by atomic mass is 16.2. The molecule has 1 unspecified atom stereocenters. The highest BCUT2D eigenvalue weighted by Gasteiger charge is 2.69. The number of benzene rings is 1. The molecule has 0 N–H and O–H groups in total. The molecule has 1 aromatic carbocycles. The summed E-state index contributed by atoms with van der Waals surface area (Å²) < 4.78 is 0. The zero-order valence-electron chi connectivity index (χ0n) is 19.2. The van der Waals surface area contributed by atoms with Gasteiger partial charge in [0, 0.05) is 12.5 Å². The fourth-order valence-electron chi connectivity index (χ4n) is 5.50. The third kappa shape index (κ3) is 3.72. The molecular formula is C26H34N2O3. The molecule has 1 saturated heterocycles. The van der Waals surface area contributed by atoms with Crippen molar-refractivity contribution in [2.45, 2.75) is 72.3 Å². The normalized spacial score (nSPS) is 24.8. The summed E-state index contributed by atoms with van der Waals surface area (Å²) in [5.41, 5.74) is 1.72. The van der Waals surface area contributed by atoms with E-state index < -0.39 is 6.04 Å². The minimum Gasteiger partial charge on any atom is -0.330 e. The maximum atomic E-state index is 13.7. The van der Waals surface area contributed by atoms with Crippen molar-refractivity contribution in [3.8, 4) is 0 Å². The predicted molar refractivity (Wildman–Crippen MR) is 121 cm³/mol. The van der Waals surface area contributed by atoms with Crippen molar-refractivity contribution in [1.82, 2.24) is 4.90 Å². The molecule has 2 aliphatic carbocycles. The number of hydrogen-bond donors (Lipinski definition) is 0. The van der Waals surface area contributed by atoms with Crippen molar-refractivity contribution < 1.29 is 14.4 Å². The van der Waals surface area contributed by atoms with Gasteiger partial charge in [-0.25, -0.2) is 4.90 Å². The number of allylic oxidation sites excluding steroid dienone is 1.